The highest BCUT2D eigenvalue weighted by Gasteiger charge is 1.90. The van der Waals surface area contributed by atoms with Gasteiger partial charge in [0.1, 0.15) is 5.82 Å². The number of hydrogen-bond donors (Lipinski definition) is 0. The van der Waals surface area contributed by atoms with Gasteiger partial charge >= 0.3 is 0 Å². The van der Waals surface area contributed by atoms with E-state index in [9.17, 15) is 4.39 Å². The minimum atomic E-state index is -0.255. The summed E-state index contributed by atoms with van der Waals surface area (Å²) in [6.07, 6.45) is 4.97. The predicted octanol–water partition coefficient (Wildman–Crippen LogP) is 3.20. The van der Waals surface area contributed by atoms with Crippen molar-refractivity contribution < 1.29 is 4.39 Å². The zero-order valence-electron chi connectivity index (χ0n) is 7.97. The average Bonchev–Trinajstić information content (AvgIpc) is 2.06. The summed E-state index contributed by atoms with van der Waals surface area (Å²) in [5, 5.41) is 0. The van der Waals surface area contributed by atoms with E-state index in [0.29, 0.717) is 0 Å². The molecule has 0 atom stereocenters. The van der Waals surface area contributed by atoms with Crippen LogP contribution in [0.1, 0.15) is 32.8 Å². The maximum Gasteiger partial charge on any atom is 0.141 e. The topological polar surface area (TPSA) is 12.9 Å². The van der Waals surface area contributed by atoms with Crippen molar-refractivity contribution in [2.24, 2.45) is 0 Å². The molecule has 0 saturated carbocycles. The number of pyridine rings is 1. The molecule has 0 spiro atoms. The highest BCUT2D eigenvalue weighted by molar-refractivity contribution is 5.09. The van der Waals surface area contributed by atoms with E-state index in [1.165, 1.54) is 18.7 Å². The van der Waals surface area contributed by atoms with Crippen LogP contribution in [0.2, 0.25) is 0 Å². The number of halogens is 1. The Balaban J connectivity index is 0.000000354. The Morgan fingerprint density at radius 3 is 2.17 bits per heavy atom. The summed E-state index contributed by atoms with van der Waals surface area (Å²) in [7, 11) is 0. The Kier molecular flexibility index (Phi) is 6.25. The van der Waals surface area contributed by atoms with Gasteiger partial charge in [-0.3, -0.25) is 4.98 Å². The van der Waals surface area contributed by atoms with E-state index in [2.05, 4.69) is 18.8 Å². The third-order valence-electron chi connectivity index (χ3n) is 1.17. The summed E-state index contributed by atoms with van der Waals surface area (Å²) in [5.41, 5.74) is 0.940. The molecule has 0 unspecified atom stereocenters. The van der Waals surface area contributed by atoms with Gasteiger partial charge in [0.25, 0.3) is 0 Å². The normalized spacial score (nSPS) is 8.67. The Hall–Kier alpha value is -0.920. The van der Waals surface area contributed by atoms with Gasteiger partial charge < -0.3 is 0 Å². The van der Waals surface area contributed by atoms with Crippen molar-refractivity contribution in [3.8, 4) is 0 Å². The van der Waals surface area contributed by atoms with Crippen molar-refractivity contribution in [2.45, 2.75) is 33.6 Å². The molecule has 1 nitrogen and oxygen atoms in total. The number of rotatable bonds is 1. The van der Waals surface area contributed by atoms with Crippen molar-refractivity contribution in [1.82, 2.24) is 4.98 Å². The molecule has 1 aromatic heterocycles. The molecule has 0 bridgehead atoms. The third-order valence-corrected chi connectivity index (χ3v) is 1.17. The van der Waals surface area contributed by atoms with E-state index in [1.54, 1.807) is 6.20 Å². The van der Waals surface area contributed by atoms with Crippen molar-refractivity contribution in [3.63, 3.8) is 0 Å². The van der Waals surface area contributed by atoms with Crippen LogP contribution in [0, 0.1) is 5.82 Å². The van der Waals surface area contributed by atoms with Crippen LogP contribution in [0.3, 0.4) is 0 Å². The molecule has 1 aromatic rings. The first kappa shape index (κ1) is 11.1. The van der Waals surface area contributed by atoms with E-state index in [-0.39, 0.29) is 5.82 Å². The molecule has 12 heavy (non-hydrogen) atoms. The molecule has 68 valence electrons. The van der Waals surface area contributed by atoms with E-state index in [1.807, 2.05) is 6.92 Å². The molecule has 0 radical (unpaired) electrons. The molecule has 0 saturated heterocycles. The smallest absolute Gasteiger partial charge is 0.141 e. The predicted molar refractivity (Wildman–Crippen MR) is 49.5 cm³/mol. The summed E-state index contributed by atoms with van der Waals surface area (Å²) in [5.74, 6) is -0.255. The molecule has 0 aliphatic heterocycles. The molecule has 0 aromatic carbocycles. The van der Waals surface area contributed by atoms with Gasteiger partial charge in [0.2, 0.25) is 0 Å². The van der Waals surface area contributed by atoms with Gasteiger partial charge in [-0.05, 0) is 18.1 Å². The minimum absolute atomic E-state index is 0.255. The van der Waals surface area contributed by atoms with Crippen molar-refractivity contribution >= 4 is 0 Å². The Morgan fingerprint density at radius 1 is 1.25 bits per heavy atom. The van der Waals surface area contributed by atoms with Crippen molar-refractivity contribution in [3.05, 3.63) is 29.8 Å². The van der Waals surface area contributed by atoms with Crippen LogP contribution < -0.4 is 0 Å². The van der Waals surface area contributed by atoms with Crippen molar-refractivity contribution in [2.75, 3.05) is 0 Å². The number of aromatic nitrogens is 1. The SMILES string of the molecule is CCC.CCc1cncc(F)c1. The first-order valence-electron chi connectivity index (χ1n) is 4.33. The maximum atomic E-state index is 12.3. The summed E-state index contributed by atoms with van der Waals surface area (Å²) >= 11 is 0. The summed E-state index contributed by atoms with van der Waals surface area (Å²) in [6.45, 7) is 6.22. The Labute approximate surface area is 73.6 Å². The van der Waals surface area contributed by atoms with Crippen molar-refractivity contribution in [1.29, 1.82) is 0 Å². The zero-order valence-corrected chi connectivity index (χ0v) is 7.97. The quantitative estimate of drug-likeness (QED) is 0.629. The van der Waals surface area contributed by atoms with Gasteiger partial charge in [0, 0.05) is 6.20 Å². The summed E-state index contributed by atoms with van der Waals surface area (Å²) in [6, 6.07) is 1.49. The molecular weight excluding hydrogens is 153 g/mol. The lowest BCUT2D eigenvalue weighted by molar-refractivity contribution is 0.619. The van der Waals surface area contributed by atoms with Gasteiger partial charge in [0.05, 0.1) is 6.20 Å². The Morgan fingerprint density at radius 2 is 1.83 bits per heavy atom. The number of aryl methyl sites for hydroxylation is 1. The molecule has 0 N–H and O–H groups in total. The van der Waals surface area contributed by atoms with Crippen LogP contribution in [0.4, 0.5) is 4.39 Å². The standard InChI is InChI=1S/C7H8FN.C3H8/c1-2-6-3-7(8)5-9-4-6;1-3-2/h3-5H,2H2,1H3;3H2,1-2H3. The fourth-order valence-electron chi connectivity index (χ4n) is 0.649. The highest BCUT2D eigenvalue weighted by atomic mass is 19.1. The van der Waals surface area contributed by atoms with Gasteiger partial charge in [-0.2, -0.15) is 0 Å². The lowest BCUT2D eigenvalue weighted by Crippen LogP contribution is -1.83. The zero-order chi connectivity index (χ0) is 9.40. The minimum Gasteiger partial charge on any atom is -0.261 e. The van der Waals surface area contributed by atoms with Crippen LogP contribution in [0.25, 0.3) is 0 Å². The monoisotopic (exact) mass is 169 g/mol. The molecular formula is C10H16FN. The fourth-order valence-corrected chi connectivity index (χ4v) is 0.649. The van der Waals surface area contributed by atoms with Crippen LogP contribution >= 0.6 is 0 Å². The average molecular weight is 169 g/mol. The third kappa shape index (κ3) is 4.83. The van der Waals surface area contributed by atoms with Crippen LogP contribution in [-0.4, -0.2) is 4.98 Å². The molecule has 0 amide bonds. The first-order valence-corrected chi connectivity index (χ1v) is 4.33. The first-order chi connectivity index (χ1) is 5.74. The second-order valence-electron chi connectivity index (χ2n) is 2.57. The van der Waals surface area contributed by atoms with Gasteiger partial charge in [-0.25, -0.2) is 4.39 Å². The highest BCUT2D eigenvalue weighted by Crippen LogP contribution is 1.99. The van der Waals surface area contributed by atoms with Gasteiger partial charge in [0.15, 0.2) is 0 Å². The molecule has 0 aliphatic carbocycles. The van der Waals surface area contributed by atoms with E-state index >= 15 is 0 Å². The molecule has 0 aliphatic rings. The van der Waals surface area contributed by atoms with Crippen LogP contribution in [-0.2, 0) is 6.42 Å². The van der Waals surface area contributed by atoms with Crippen LogP contribution in [0.5, 0.6) is 0 Å². The molecule has 0 fully saturated rings. The maximum absolute atomic E-state index is 12.3. The number of nitrogens with zero attached hydrogens (tertiary/aromatic N) is 1. The summed E-state index contributed by atoms with van der Waals surface area (Å²) in [4.78, 5) is 3.68. The molecule has 2 heteroatoms. The Bertz CT molecular complexity index is 211. The molecule has 1 rings (SSSR count). The van der Waals surface area contributed by atoms with Gasteiger partial charge in [-0.15, -0.1) is 0 Å². The largest absolute Gasteiger partial charge is 0.261 e. The second kappa shape index (κ2) is 6.77. The number of hydrogen-bond acceptors (Lipinski definition) is 1. The van der Waals surface area contributed by atoms with E-state index < -0.39 is 0 Å². The lowest BCUT2D eigenvalue weighted by Gasteiger charge is -1.91. The molecule has 1 heterocycles. The van der Waals surface area contributed by atoms with E-state index in [4.69, 9.17) is 0 Å². The second-order valence-corrected chi connectivity index (χ2v) is 2.57. The fraction of sp³-hybridized carbons (Fsp3) is 0.500. The van der Waals surface area contributed by atoms with Gasteiger partial charge in [-0.1, -0.05) is 27.2 Å². The summed E-state index contributed by atoms with van der Waals surface area (Å²) < 4.78 is 12.3. The van der Waals surface area contributed by atoms with E-state index in [0.717, 1.165) is 12.0 Å². The van der Waals surface area contributed by atoms with Crippen LogP contribution in [0.15, 0.2) is 18.5 Å². The lowest BCUT2D eigenvalue weighted by atomic mass is 10.2.